The highest BCUT2D eigenvalue weighted by Crippen LogP contribution is 2.35. The molecule has 0 saturated carbocycles. The van der Waals surface area contributed by atoms with Crippen molar-refractivity contribution in [2.24, 2.45) is 0 Å². The second-order valence-corrected chi connectivity index (χ2v) is 5.85. The van der Waals surface area contributed by atoms with Gasteiger partial charge in [-0.2, -0.15) is 13.2 Å². The molecule has 9 heteroatoms. The Morgan fingerprint density at radius 3 is 1.95 bits per heavy atom. The molecule has 0 spiro atoms. The summed E-state index contributed by atoms with van der Waals surface area (Å²) in [6.45, 7) is 0. The van der Waals surface area contributed by atoms with Crippen LogP contribution >= 0.6 is 0 Å². The van der Waals surface area contributed by atoms with Gasteiger partial charge in [0.05, 0.1) is 10.5 Å². The third-order valence-electron chi connectivity index (χ3n) is 2.68. The molecule has 2 rings (SSSR count). The highest BCUT2D eigenvalue weighted by Gasteiger charge is 2.37. The van der Waals surface area contributed by atoms with Gasteiger partial charge in [0, 0.05) is 0 Å². The molecule has 3 nitrogen and oxygen atoms in total. The van der Waals surface area contributed by atoms with Crippen molar-refractivity contribution in [2.75, 3.05) is 4.72 Å². The summed E-state index contributed by atoms with van der Waals surface area (Å²) in [4.78, 5) is -1.12. The minimum absolute atomic E-state index is 0.562. The molecule has 0 heterocycles. The maximum atomic E-state index is 13.4. The van der Waals surface area contributed by atoms with E-state index < -0.39 is 44.0 Å². The quantitative estimate of drug-likeness (QED) is 0.867. The van der Waals surface area contributed by atoms with Gasteiger partial charge in [-0.15, -0.1) is 0 Å². The Morgan fingerprint density at radius 1 is 0.864 bits per heavy atom. The van der Waals surface area contributed by atoms with E-state index in [-0.39, 0.29) is 0 Å². The molecule has 118 valence electrons. The maximum Gasteiger partial charge on any atom is 0.417 e. The van der Waals surface area contributed by atoms with Crippen molar-refractivity contribution < 1.29 is 30.4 Å². The normalized spacial score (nSPS) is 12.2. The van der Waals surface area contributed by atoms with Crippen LogP contribution in [0.15, 0.2) is 47.4 Å². The first-order chi connectivity index (χ1) is 10.1. The molecule has 0 aliphatic carbocycles. The lowest BCUT2D eigenvalue weighted by atomic mass is 10.2. The number of halogens is 5. The van der Waals surface area contributed by atoms with Crippen LogP contribution in [0, 0.1) is 11.6 Å². The Morgan fingerprint density at radius 2 is 1.41 bits per heavy atom. The highest BCUT2D eigenvalue weighted by molar-refractivity contribution is 7.92. The summed E-state index contributed by atoms with van der Waals surface area (Å²) in [5.74, 6) is -2.49. The number of sulfonamides is 1. The van der Waals surface area contributed by atoms with Crippen LogP contribution in [-0.4, -0.2) is 8.42 Å². The Balaban J connectivity index is 2.54. The van der Waals surface area contributed by atoms with E-state index in [9.17, 15) is 30.4 Å². The molecule has 0 atom stereocenters. The third kappa shape index (κ3) is 3.19. The SMILES string of the molecule is O=S(=O)(Nc1c(F)cccc1F)c1ccccc1C(F)(F)F. The van der Waals surface area contributed by atoms with Crippen LogP contribution in [0.1, 0.15) is 5.56 Å². The van der Waals surface area contributed by atoms with Gasteiger partial charge in [0.15, 0.2) is 0 Å². The largest absolute Gasteiger partial charge is 0.417 e. The van der Waals surface area contributed by atoms with Gasteiger partial charge in [-0.05, 0) is 24.3 Å². The van der Waals surface area contributed by atoms with Crippen molar-refractivity contribution in [3.8, 4) is 0 Å². The summed E-state index contributed by atoms with van der Waals surface area (Å²) < 4.78 is 91.0. The predicted octanol–water partition coefficient (Wildman–Crippen LogP) is 3.78. The Labute approximate surface area is 122 Å². The van der Waals surface area contributed by atoms with Crippen LogP contribution in [0.25, 0.3) is 0 Å². The van der Waals surface area contributed by atoms with Gasteiger partial charge in [0.25, 0.3) is 10.0 Å². The average Bonchev–Trinajstić information content (AvgIpc) is 2.42. The highest BCUT2D eigenvalue weighted by atomic mass is 32.2. The van der Waals surface area contributed by atoms with Crippen LogP contribution in [0.4, 0.5) is 27.6 Å². The van der Waals surface area contributed by atoms with E-state index in [0.29, 0.717) is 12.1 Å². The molecule has 0 aromatic heterocycles. The number of hydrogen-bond donors (Lipinski definition) is 1. The van der Waals surface area contributed by atoms with Gasteiger partial charge in [0.2, 0.25) is 0 Å². The molecule has 0 radical (unpaired) electrons. The molecule has 0 aliphatic rings. The maximum absolute atomic E-state index is 13.4. The lowest BCUT2D eigenvalue weighted by molar-refractivity contribution is -0.139. The van der Waals surface area contributed by atoms with Crippen LogP contribution in [0.2, 0.25) is 0 Å². The molecule has 1 N–H and O–H groups in total. The molecular formula is C13H8F5NO2S. The van der Waals surface area contributed by atoms with Crippen molar-refractivity contribution in [1.29, 1.82) is 0 Å². The van der Waals surface area contributed by atoms with Crippen LogP contribution in [0.3, 0.4) is 0 Å². The van der Waals surface area contributed by atoms with Gasteiger partial charge in [-0.25, -0.2) is 17.2 Å². The molecule has 2 aromatic carbocycles. The van der Waals surface area contributed by atoms with Crippen LogP contribution in [0.5, 0.6) is 0 Å². The van der Waals surface area contributed by atoms with E-state index in [1.54, 1.807) is 0 Å². The smallest absolute Gasteiger partial charge is 0.274 e. The summed E-state index contributed by atoms with van der Waals surface area (Å²) in [5, 5.41) is 0. The summed E-state index contributed by atoms with van der Waals surface area (Å²) in [7, 11) is -4.82. The van der Waals surface area contributed by atoms with E-state index in [0.717, 1.165) is 30.3 Å². The van der Waals surface area contributed by atoms with Gasteiger partial charge >= 0.3 is 6.18 Å². The minimum atomic E-state index is -4.93. The Bertz CT molecular complexity index is 782. The predicted molar refractivity (Wildman–Crippen MR) is 68.6 cm³/mol. The van der Waals surface area contributed by atoms with E-state index >= 15 is 0 Å². The second kappa shape index (κ2) is 5.56. The molecule has 0 unspecified atom stereocenters. The monoisotopic (exact) mass is 337 g/mol. The van der Waals surface area contributed by atoms with Gasteiger partial charge in [-0.3, -0.25) is 4.72 Å². The number of alkyl halides is 3. The Hall–Kier alpha value is -2.16. The van der Waals surface area contributed by atoms with E-state index in [4.69, 9.17) is 0 Å². The molecule has 0 aliphatic heterocycles. The first-order valence-corrected chi connectivity index (χ1v) is 7.24. The molecule has 0 fully saturated rings. The first kappa shape index (κ1) is 16.2. The Kier molecular flexibility index (Phi) is 4.10. The number of anilines is 1. The van der Waals surface area contributed by atoms with E-state index in [1.807, 2.05) is 0 Å². The van der Waals surface area contributed by atoms with Gasteiger partial charge in [0.1, 0.15) is 17.3 Å². The zero-order chi connectivity index (χ0) is 16.5. The summed E-state index contributed by atoms with van der Waals surface area (Å²) in [5.41, 5.74) is -2.47. The van der Waals surface area contributed by atoms with Gasteiger partial charge < -0.3 is 0 Å². The molecule has 0 bridgehead atoms. The molecule has 0 amide bonds. The van der Waals surface area contributed by atoms with Crippen molar-refractivity contribution >= 4 is 15.7 Å². The number of hydrogen-bond acceptors (Lipinski definition) is 2. The van der Waals surface area contributed by atoms with Crippen molar-refractivity contribution in [3.63, 3.8) is 0 Å². The van der Waals surface area contributed by atoms with Crippen molar-refractivity contribution in [1.82, 2.24) is 0 Å². The first-order valence-electron chi connectivity index (χ1n) is 5.76. The minimum Gasteiger partial charge on any atom is -0.274 e. The molecule has 2 aromatic rings. The number of benzene rings is 2. The molecular weight excluding hydrogens is 329 g/mol. The number of nitrogens with one attached hydrogen (secondary N) is 1. The van der Waals surface area contributed by atoms with Crippen LogP contribution in [-0.2, 0) is 16.2 Å². The second-order valence-electron chi connectivity index (χ2n) is 4.20. The summed E-state index contributed by atoms with van der Waals surface area (Å²) in [6, 6.07) is 5.88. The van der Waals surface area contributed by atoms with Crippen molar-refractivity contribution in [3.05, 3.63) is 59.7 Å². The van der Waals surface area contributed by atoms with Crippen LogP contribution < -0.4 is 4.72 Å². The fraction of sp³-hybridized carbons (Fsp3) is 0.0769. The number of rotatable bonds is 3. The van der Waals surface area contributed by atoms with Crippen molar-refractivity contribution in [2.45, 2.75) is 11.1 Å². The van der Waals surface area contributed by atoms with Gasteiger partial charge in [-0.1, -0.05) is 18.2 Å². The third-order valence-corrected chi connectivity index (χ3v) is 4.09. The standard InChI is InChI=1S/C13H8F5NO2S/c14-9-5-3-6-10(15)12(9)19-22(20,21)11-7-2-1-4-8(11)13(16,17)18/h1-7,19H. The molecule has 22 heavy (non-hydrogen) atoms. The zero-order valence-corrected chi connectivity index (χ0v) is 11.5. The fourth-order valence-corrected chi connectivity index (χ4v) is 3.02. The average molecular weight is 337 g/mol. The summed E-state index contributed by atoms with van der Waals surface area (Å²) in [6.07, 6.45) is -4.93. The number of para-hydroxylation sites is 1. The lowest BCUT2D eigenvalue weighted by Gasteiger charge is -2.14. The lowest BCUT2D eigenvalue weighted by Crippen LogP contribution is -2.20. The summed E-state index contributed by atoms with van der Waals surface area (Å²) >= 11 is 0. The van der Waals surface area contributed by atoms with E-state index in [1.165, 1.54) is 4.72 Å². The topological polar surface area (TPSA) is 46.2 Å². The van der Waals surface area contributed by atoms with E-state index in [2.05, 4.69) is 0 Å². The zero-order valence-electron chi connectivity index (χ0n) is 10.7. The fourth-order valence-electron chi connectivity index (χ4n) is 1.72. The molecule has 0 saturated heterocycles.